The molecule has 2 aromatic carbocycles. The Labute approximate surface area is 180 Å². The van der Waals surface area contributed by atoms with E-state index in [0.717, 1.165) is 30.5 Å². The third kappa shape index (κ3) is 5.71. The van der Waals surface area contributed by atoms with Crippen molar-refractivity contribution in [2.45, 2.75) is 59.5 Å². The molecule has 0 aliphatic carbocycles. The van der Waals surface area contributed by atoms with Gasteiger partial charge < -0.3 is 10.2 Å². The Balaban J connectivity index is 1.70. The molecule has 1 N–H and O–H groups in total. The van der Waals surface area contributed by atoms with Crippen molar-refractivity contribution in [2.75, 3.05) is 6.54 Å². The zero-order chi connectivity index (χ0) is 21.7. The summed E-state index contributed by atoms with van der Waals surface area (Å²) in [5, 5.41) is 3.22. The summed E-state index contributed by atoms with van der Waals surface area (Å²) >= 11 is 0. The summed E-state index contributed by atoms with van der Waals surface area (Å²) in [5.74, 6) is 1.02. The monoisotopic (exact) mass is 406 g/mol. The molecule has 4 nitrogen and oxygen atoms in total. The number of amides is 2. The number of nitrogens with zero attached hydrogens (tertiary/aromatic N) is 1. The van der Waals surface area contributed by atoms with E-state index in [1.165, 1.54) is 5.56 Å². The van der Waals surface area contributed by atoms with Gasteiger partial charge in [0.1, 0.15) is 0 Å². The van der Waals surface area contributed by atoms with Crippen molar-refractivity contribution in [3.05, 3.63) is 70.8 Å². The van der Waals surface area contributed by atoms with Gasteiger partial charge in [0, 0.05) is 25.1 Å². The largest absolute Gasteiger partial charge is 0.345 e. The van der Waals surface area contributed by atoms with Gasteiger partial charge in [0.2, 0.25) is 5.91 Å². The molecule has 2 amide bonds. The highest BCUT2D eigenvalue weighted by Crippen LogP contribution is 2.24. The van der Waals surface area contributed by atoms with E-state index >= 15 is 0 Å². The number of likely N-dealkylation sites (tertiary alicyclic amines) is 1. The zero-order valence-electron chi connectivity index (χ0n) is 18.7. The molecule has 30 heavy (non-hydrogen) atoms. The minimum Gasteiger partial charge on any atom is -0.345 e. The second-order valence-electron chi connectivity index (χ2n) is 9.15. The van der Waals surface area contributed by atoms with Crippen molar-refractivity contribution in [1.82, 2.24) is 10.2 Å². The van der Waals surface area contributed by atoms with Gasteiger partial charge in [-0.25, -0.2) is 0 Å². The second-order valence-corrected chi connectivity index (χ2v) is 9.15. The van der Waals surface area contributed by atoms with Crippen molar-refractivity contribution < 1.29 is 9.59 Å². The predicted molar refractivity (Wildman–Crippen MR) is 121 cm³/mol. The van der Waals surface area contributed by atoms with Crippen LogP contribution in [0.1, 0.15) is 73.6 Å². The summed E-state index contributed by atoms with van der Waals surface area (Å²) in [6, 6.07) is 16.2. The molecule has 1 unspecified atom stereocenters. The topological polar surface area (TPSA) is 49.4 Å². The molecule has 0 saturated carbocycles. The minimum absolute atomic E-state index is 0.0468. The summed E-state index contributed by atoms with van der Waals surface area (Å²) < 4.78 is 0. The highest BCUT2D eigenvalue weighted by molar-refractivity contribution is 5.94. The van der Waals surface area contributed by atoms with Gasteiger partial charge in [-0.15, -0.1) is 0 Å². The van der Waals surface area contributed by atoms with E-state index in [9.17, 15) is 9.59 Å². The first-order chi connectivity index (χ1) is 14.3. The van der Waals surface area contributed by atoms with Gasteiger partial charge >= 0.3 is 0 Å². The van der Waals surface area contributed by atoms with Gasteiger partial charge in [0.05, 0.1) is 6.04 Å². The highest BCUT2D eigenvalue weighted by Gasteiger charge is 2.22. The van der Waals surface area contributed by atoms with Crippen molar-refractivity contribution >= 4 is 11.8 Å². The SMILES string of the molecule is CC(C)Cc1ccc(C(NC(=O)c2cccc(CN3CCCC3=O)c2)C(C)C)cc1. The molecular formula is C26H34N2O2. The van der Waals surface area contributed by atoms with E-state index in [-0.39, 0.29) is 23.8 Å². The third-order valence-corrected chi connectivity index (χ3v) is 5.67. The van der Waals surface area contributed by atoms with Crippen molar-refractivity contribution in [3.63, 3.8) is 0 Å². The first-order valence-corrected chi connectivity index (χ1v) is 11.1. The van der Waals surface area contributed by atoms with Crippen LogP contribution in [0, 0.1) is 11.8 Å². The lowest BCUT2D eigenvalue weighted by atomic mass is 9.93. The lowest BCUT2D eigenvalue weighted by Crippen LogP contribution is -2.32. The van der Waals surface area contributed by atoms with Crippen LogP contribution in [0.2, 0.25) is 0 Å². The quantitative estimate of drug-likeness (QED) is 0.660. The normalized spacial score (nSPS) is 15.1. The smallest absolute Gasteiger partial charge is 0.251 e. The summed E-state index contributed by atoms with van der Waals surface area (Å²) in [6.45, 7) is 10.1. The van der Waals surface area contributed by atoms with Crippen LogP contribution in [0.15, 0.2) is 48.5 Å². The molecule has 1 fully saturated rings. The molecule has 3 rings (SSSR count). The third-order valence-electron chi connectivity index (χ3n) is 5.67. The summed E-state index contributed by atoms with van der Waals surface area (Å²) in [5.41, 5.74) is 4.09. The maximum atomic E-state index is 13.0. The van der Waals surface area contributed by atoms with Crippen molar-refractivity contribution in [3.8, 4) is 0 Å². The zero-order valence-corrected chi connectivity index (χ0v) is 18.7. The van der Waals surface area contributed by atoms with Gasteiger partial charge in [-0.05, 0) is 53.5 Å². The molecule has 4 heteroatoms. The van der Waals surface area contributed by atoms with E-state index in [2.05, 4.69) is 57.3 Å². The number of hydrogen-bond acceptors (Lipinski definition) is 2. The molecular weight excluding hydrogens is 372 g/mol. The van der Waals surface area contributed by atoms with Crippen LogP contribution >= 0.6 is 0 Å². The van der Waals surface area contributed by atoms with Crippen LogP contribution in [0.25, 0.3) is 0 Å². The van der Waals surface area contributed by atoms with Gasteiger partial charge in [-0.1, -0.05) is 64.1 Å². The first kappa shape index (κ1) is 22.1. The lowest BCUT2D eigenvalue weighted by molar-refractivity contribution is -0.128. The van der Waals surface area contributed by atoms with E-state index in [1.54, 1.807) is 0 Å². The summed E-state index contributed by atoms with van der Waals surface area (Å²) in [6.07, 6.45) is 2.61. The van der Waals surface area contributed by atoms with Crippen LogP contribution < -0.4 is 5.32 Å². The molecule has 2 aromatic rings. The molecule has 1 aliphatic rings. The van der Waals surface area contributed by atoms with E-state index < -0.39 is 0 Å². The van der Waals surface area contributed by atoms with Crippen molar-refractivity contribution in [1.29, 1.82) is 0 Å². The molecule has 160 valence electrons. The first-order valence-electron chi connectivity index (χ1n) is 11.1. The van der Waals surface area contributed by atoms with Gasteiger partial charge in [-0.2, -0.15) is 0 Å². The predicted octanol–water partition coefficient (Wildman–Crippen LogP) is 5.13. The Hall–Kier alpha value is -2.62. The fraction of sp³-hybridized carbons (Fsp3) is 0.462. The molecule has 0 aromatic heterocycles. The average Bonchev–Trinajstić information content (AvgIpc) is 3.11. The number of nitrogens with one attached hydrogen (secondary N) is 1. The van der Waals surface area contributed by atoms with E-state index in [1.807, 2.05) is 29.2 Å². The molecule has 1 heterocycles. The number of benzene rings is 2. The Morgan fingerprint density at radius 2 is 1.77 bits per heavy atom. The lowest BCUT2D eigenvalue weighted by Gasteiger charge is -2.24. The van der Waals surface area contributed by atoms with Crippen LogP contribution in [-0.2, 0) is 17.8 Å². The maximum Gasteiger partial charge on any atom is 0.251 e. The number of rotatable bonds is 8. The summed E-state index contributed by atoms with van der Waals surface area (Å²) in [7, 11) is 0. The van der Waals surface area contributed by atoms with Crippen LogP contribution in [0.4, 0.5) is 0 Å². The number of carbonyl (C=O) groups is 2. The molecule has 0 bridgehead atoms. The Bertz CT molecular complexity index is 871. The highest BCUT2D eigenvalue weighted by atomic mass is 16.2. The van der Waals surface area contributed by atoms with Gasteiger partial charge in [0.25, 0.3) is 5.91 Å². The van der Waals surface area contributed by atoms with E-state index in [0.29, 0.717) is 24.4 Å². The fourth-order valence-corrected chi connectivity index (χ4v) is 4.09. The Kier molecular flexibility index (Phi) is 7.30. The molecule has 0 spiro atoms. The Morgan fingerprint density at radius 1 is 1.03 bits per heavy atom. The molecule has 1 aliphatic heterocycles. The standard InChI is InChI=1S/C26H34N2O2/c1-18(2)15-20-10-12-22(13-11-20)25(19(3)4)27-26(30)23-8-5-7-21(16-23)17-28-14-6-9-24(28)29/h5,7-8,10-13,16,18-19,25H,6,9,14-15,17H2,1-4H3,(H,27,30). The van der Waals surface area contributed by atoms with E-state index in [4.69, 9.17) is 0 Å². The Morgan fingerprint density at radius 3 is 2.37 bits per heavy atom. The second kappa shape index (κ2) is 9.92. The van der Waals surface area contributed by atoms with Crippen LogP contribution in [0.3, 0.4) is 0 Å². The van der Waals surface area contributed by atoms with Gasteiger partial charge in [0.15, 0.2) is 0 Å². The van der Waals surface area contributed by atoms with Gasteiger partial charge in [-0.3, -0.25) is 9.59 Å². The molecule has 0 radical (unpaired) electrons. The number of carbonyl (C=O) groups excluding carboxylic acids is 2. The number of hydrogen-bond donors (Lipinski definition) is 1. The van der Waals surface area contributed by atoms with Crippen LogP contribution in [-0.4, -0.2) is 23.3 Å². The summed E-state index contributed by atoms with van der Waals surface area (Å²) in [4.78, 5) is 26.8. The molecule has 1 saturated heterocycles. The minimum atomic E-state index is -0.0745. The average molecular weight is 407 g/mol. The van der Waals surface area contributed by atoms with Crippen molar-refractivity contribution in [2.24, 2.45) is 11.8 Å². The van der Waals surface area contributed by atoms with Crippen LogP contribution in [0.5, 0.6) is 0 Å². The molecule has 1 atom stereocenters. The maximum absolute atomic E-state index is 13.0. The fourth-order valence-electron chi connectivity index (χ4n) is 4.09.